The summed E-state index contributed by atoms with van der Waals surface area (Å²) in [7, 11) is 0. The van der Waals surface area contributed by atoms with Gasteiger partial charge in [-0.05, 0) is 30.1 Å². The lowest BCUT2D eigenvalue weighted by atomic mass is 10.3. The fraction of sp³-hybridized carbons (Fsp3) is 0.111. The monoisotopic (exact) mass is 269 g/mol. The normalized spacial score (nSPS) is 10.2. The largest absolute Gasteiger partial charge is 0.477 e. The van der Waals surface area contributed by atoms with Gasteiger partial charge < -0.3 is 10.4 Å². The summed E-state index contributed by atoms with van der Waals surface area (Å²) in [6.07, 6.45) is 0. The van der Waals surface area contributed by atoms with Crippen LogP contribution in [-0.4, -0.2) is 26.6 Å². The molecule has 0 radical (unpaired) electrons. The van der Waals surface area contributed by atoms with E-state index in [4.69, 9.17) is 5.11 Å². The van der Waals surface area contributed by atoms with E-state index < -0.39 is 11.9 Å². The second kappa shape index (κ2) is 4.60. The molecule has 1 amide bonds. The number of rotatable bonds is 3. The van der Waals surface area contributed by atoms with Gasteiger partial charge in [0.05, 0.1) is 5.00 Å². The maximum absolute atomic E-state index is 11.6. The van der Waals surface area contributed by atoms with Crippen LogP contribution in [0.1, 0.15) is 25.7 Å². The smallest absolute Gasteiger partial charge is 0.346 e. The number of anilines is 1. The summed E-state index contributed by atoms with van der Waals surface area (Å²) >= 11 is 2.10. The molecular formula is C9H7N3O3S2. The number of aromatic carboxylic acids is 1. The number of aromatic nitrogens is 2. The van der Waals surface area contributed by atoms with E-state index in [1.54, 1.807) is 13.0 Å². The molecule has 0 fully saturated rings. The highest BCUT2D eigenvalue weighted by atomic mass is 32.1. The van der Waals surface area contributed by atoms with Crippen molar-refractivity contribution in [1.29, 1.82) is 0 Å². The third kappa shape index (κ3) is 2.48. The third-order valence-corrected chi connectivity index (χ3v) is 3.59. The summed E-state index contributed by atoms with van der Waals surface area (Å²) in [5, 5.41) is 17.1. The van der Waals surface area contributed by atoms with Crippen molar-refractivity contribution in [2.24, 2.45) is 0 Å². The third-order valence-electron chi connectivity index (χ3n) is 1.94. The van der Waals surface area contributed by atoms with Crippen LogP contribution in [0, 0.1) is 6.92 Å². The molecule has 88 valence electrons. The van der Waals surface area contributed by atoms with Gasteiger partial charge in [0, 0.05) is 5.38 Å². The van der Waals surface area contributed by atoms with E-state index in [1.807, 2.05) is 0 Å². The molecule has 0 aliphatic heterocycles. The first-order chi connectivity index (χ1) is 8.08. The Labute approximate surface area is 104 Å². The van der Waals surface area contributed by atoms with Crippen molar-refractivity contribution in [3.63, 3.8) is 0 Å². The van der Waals surface area contributed by atoms with Crippen molar-refractivity contribution in [3.05, 3.63) is 27.6 Å². The highest BCUT2D eigenvalue weighted by Crippen LogP contribution is 2.26. The average Bonchev–Trinajstić information content (AvgIpc) is 2.86. The standard InChI is InChI=1S/C9H7N3O3S2/c1-4-2-6(17-7(4)9(14)15)10-8(13)5-3-16-12-11-5/h2-3H,1H3,(H,10,13)(H,14,15). The van der Waals surface area contributed by atoms with Gasteiger partial charge in [-0.3, -0.25) is 4.79 Å². The molecule has 0 bridgehead atoms. The van der Waals surface area contributed by atoms with Gasteiger partial charge in [0.15, 0.2) is 5.69 Å². The Bertz CT molecular complexity index is 562. The zero-order valence-electron chi connectivity index (χ0n) is 8.63. The Morgan fingerprint density at radius 1 is 1.47 bits per heavy atom. The number of carbonyl (C=O) groups excluding carboxylic acids is 1. The first-order valence-electron chi connectivity index (χ1n) is 4.50. The molecule has 2 rings (SSSR count). The molecule has 0 aliphatic rings. The molecule has 6 nitrogen and oxygen atoms in total. The molecule has 0 spiro atoms. The minimum absolute atomic E-state index is 0.219. The van der Waals surface area contributed by atoms with Crippen molar-refractivity contribution < 1.29 is 14.7 Å². The van der Waals surface area contributed by atoms with Crippen LogP contribution in [0.15, 0.2) is 11.4 Å². The predicted octanol–water partition coefficient (Wildman–Crippen LogP) is 1.86. The minimum atomic E-state index is -0.997. The maximum Gasteiger partial charge on any atom is 0.346 e. The van der Waals surface area contributed by atoms with Crippen molar-refractivity contribution in [2.45, 2.75) is 6.92 Å². The van der Waals surface area contributed by atoms with Crippen molar-refractivity contribution >= 4 is 39.7 Å². The molecule has 2 N–H and O–H groups in total. The topological polar surface area (TPSA) is 92.2 Å². The number of hydrogen-bond acceptors (Lipinski definition) is 6. The van der Waals surface area contributed by atoms with Crippen molar-refractivity contribution in [1.82, 2.24) is 9.59 Å². The Balaban J connectivity index is 2.17. The summed E-state index contributed by atoms with van der Waals surface area (Å²) in [6, 6.07) is 1.62. The molecule has 0 unspecified atom stereocenters. The van der Waals surface area contributed by atoms with Crippen LogP contribution < -0.4 is 5.32 Å². The van der Waals surface area contributed by atoms with Crippen LogP contribution >= 0.6 is 22.9 Å². The number of carboxylic acids is 1. The van der Waals surface area contributed by atoms with E-state index in [0.29, 0.717) is 10.6 Å². The van der Waals surface area contributed by atoms with E-state index >= 15 is 0 Å². The average molecular weight is 269 g/mol. The van der Waals surface area contributed by atoms with Crippen LogP contribution in [0.4, 0.5) is 5.00 Å². The van der Waals surface area contributed by atoms with Gasteiger partial charge in [0.1, 0.15) is 4.88 Å². The molecule has 0 atom stereocenters. The van der Waals surface area contributed by atoms with Gasteiger partial charge in [-0.15, -0.1) is 16.4 Å². The summed E-state index contributed by atoms with van der Waals surface area (Å²) in [6.45, 7) is 1.68. The second-order valence-electron chi connectivity index (χ2n) is 3.17. The van der Waals surface area contributed by atoms with E-state index in [9.17, 15) is 9.59 Å². The molecule has 0 aromatic carbocycles. The first-order valence-corrected chi connectivity index (χ1v) is 6.15. The lowest BCUT2D eigenvalue weighted by molar-refractivity contribution is 0.0701. The Morgan fingerprint density at radius 2 is 2.24 bits per heavy atom. The number of carboxylic acid groups (broad SMARTS) is 1. The highest BCUT2D eigenvalue weighted by molar-refractivity contribution is 7.18. The molecule has 2 aromatic heterocycles. The van der Waals surface area contributed by atoms with E-state index in [2.05, 4.69) is 14.9 Å². The molecule has 8 heteroatoms. The molecule has 0 aliphatic carbocycles. The van der Waals surface area contributed by atoms with Crippen LogP contribution in [0.5, 0.6) is 0 Å². The van der Waals surface area contributed by atoms with Gasteiger partial charge in [0.25, 0.3) is 5.91 Å². The van der Waals surface area contributed by atoms with E-state index in [1.165, 1.54) is 5.38 Å². The van der Waals surface area contributed by atoms with Gasteiger partial charge in [-0.25, -0.2) is 4.79 Å². The molecule has 0 saturated heterocycles. The lowest BCUT2D eigenvalue weighted by Gasteiger charge is -1.96. The fourth-order valence-electron chi connectivity index (χ4n) is 1.20. The molecule has 2 heterocycles. The number of amides is 1. The second-order valence-corrected chi connectivity index (χ2v) is 4.83. The van der Waals surface area contributed by atoms with Crippen LogP contribution in [0.2, 0.25) is 0 Å². The summed E-state index contributed by atoms with van der Waals surface area (Å²) < 4.78 is 3.58. The quantitative estimate of drug-likeness (QED) is 0.887. The van der Waals surface area contributed by atoms with Gasteiger partial charge in [-0.2, -0.15) is 0 Å². The zero-order chi connectivity index (χ0) is 12.4. The first kappa shape index (κ1) is 11.7. The number of nitrogens with zero attached hydrogens (tertiary/aromatic N) is 2. The van der Waals surface area contributed by atoms with E-state index in [-0.39, 0.29) is 10.6 Å². The molecule has 17 heavy (non-hydrogen) atoms. The van der Waals surface area contributed by atoms with Crippen LogP contribution in [-0.2, 0) is 0 Å². The molecule has 2 aromatic rings. The number of thiophene rings is 1. The van der Waals surface area contributed by atoms with Crippen molar-refractivity contribution in [3.8, 4) is 0 Å². The van der Waals surface area contributed by atoms with Crippen LogP contribution in [0.25, 0.3) is 0 Å². The SMILES string of the molecule is Cc1cc(NC(=O)c2csnn2)sc1C(=O)O. The predicted molar refractivity (Wildman–Crippen MR) is 63.9 cm³/mol. The Hall–Kier alpha value is -1.80. The summed E-state index contributed by atoms with van der Waals surface area (Å²) in [5.41, 5.74) is 0.840. The van der Waals surface area contributed by atoms with Gasteiger partial charge in [-0.1, -0.05) is 4.49 Å². The maximum atomic E-state index is 11.6. The number of hydrogen-bond donors (Lipinski definition) is 2. The zero-order valence-corrected chi connectivity index (χ0v) is 10.3. The lowest BCUT2D eigenvalue weighted by Crippen LogP contribution is -2.11. The number of aryl methyl sites for hydroxylation is 1. The summed E-state index contributed by atoms with van der Waals surface area (Å²) in [4.78, 5) is 22.7. The van der Waals surface area contributed by atoms with Crippen molar-refractivity contribution in [2.75, 3.05) is 5.32 Å². The fourth-order valence-corrected chi connectivity index (χ4v) is 2.54. The molecular weight excluding hydrogens is 262 g/mol. The van der Waals surface area contributed by atoms with Gasteiger partial charge >= 0.3 is 5.97 Å². The minimum Gasteiger partial charge on any atom is -0.477 e. The highest BCUT2D eigenvalue weighted by Gasteiger charge is 2.15. The van der Waals surface area contributed by atoms with Crippen LogP contribution in [0.3, 0.4) is 0 Å². The number of nitrogens with one attached hydrogen (secondary N) is 1. The summed E-state index contributed by atoms with van der Waals surface area (Å²) in [5.74, 6) is -1.39. The Morgan fingerprint density at radius 3 is 2.76 bits per heavy atom. The molecule has 0 saturated carbocycles. The Kier molecular flexibility index (Phi) is 3.16. The van der Waals surface area contributed by atoms with Gasteiger partial charge in [0.2, 0.25) is 0 Å². The number of carbonyl (C=O) groups is 2. The van der Waals surface area contributed by atoms with E-state index in [0.717, 1.165) is 22.9 Å².